The van der Waals surface area contributed by atoms with Gasteiger partial charge in [-0.3, -0.25) is 4.90 Å². The van der Waals surface area contributed by atoms with E-state index in [0.29, 0.717) is 18.1 Å². The first-order chi connectivity index (χ1) is 12.4. The van der Waals surface area contributed by atoms with Crippen LogP contribution in [-0.2, 0) is 11.3 Å². The van der Waals surface area contributed by atoms with Crippen LogP contribution >= 0.6 is 0 Å². The molecule has 0 radical (unpaired) electrons. The largest absolute Gasteiger partial charge is 0.379 e. The third-order valence-corrected chi connectivity index (χ3v) is 6.24. The number of ether oxygens (including phenoxy) is 1. The molecule has 4 heteroatoms. The van der Waals surface area contributed by atoms with Crippen molar-refractivity contribution in [2.24, 2.45) is 5.92 Å². The van der Waals surface area contributed by atoms with Gasteiger partial charge in [-0.05, 0) is 43.7 Å². The summed E-state index contributed by atoms with van der Waals surface area (Å²) in [6.45, 7) is 6.30. The summed E-state index contributed by atoms with van der Waals surface area (Å²) in [6, 6.07) is 12.8. The molecule has 4 unspecified atom stereocenters. The second kappa shape index (κ2) is 8.63. The molecule has 2 aliphatic heterocycles. The molecule has 1 aliphatic carbocycles. The normalized spacial score (nSPS) is 34.2. The lowest BCUT2D eigenvalue weighted by molar-refractivity contribution is 0.0502. The molecule has 2 saturated heterocycles. The van der Waals surface area contributed by atoms with Crippen molar-refractivity contribution in [1.29, 1.82) is 0 Å². The second-order valence-corrected chi connectivity index (χ2v) is 8.06. The van der Waals surface area contributed by atoms with Gasteiger partial charge >= 0.3 is 0 Å². The number of morpholine rings is 1. The number of piperidine rings is 1. The molecule has 3 fully saturated rings. The smallest absolute Gasteiger partial charge is 0.0623 e. The second-order valence-electron chi connectivity index (χ2n) is 8.06. The lowest BCUT2D eigenvalue weighted by Gasteiger charge is -2.38. The quantitative estimate of drug-likeness (QED) is 0.861. The van der Waals surface area contributed by atoms with Crippen molar-refractivity contribution >= 4 is 0 Å². The zero-order valence-corrected chi connectivity index (χ0v) is 15.3. The Morgan fingerprint density at radius 2 is 2.04 bits per heavy atom. The van der Waals surface area contributed by atoms with Gasteiger partial charge < -0.3 is 15.4 Å². The van der Waals surface area contributed by atoms with E-state index in [2.05, 4.69) is 45.9 Å². The van der Waals surface area contributed by atoms with Crippen LogP contribution in [-0.4, -0.2) is 55.9 Å². The number of benzene rings is 1. The fourth-order valence-electron chi connectivity index (χ4n) is 5.02. The van der Waals surface area contributed by atoms with E-state index in [-0.39, 0.29) is 0 Å². The Morgan fingerprint density at radius 1 is 1.12 bits per heavy atom. The van der Waals surface area contributed by atoms with E-state index in [1.807, 2.05) is 0 Å². The highest BCUT2D eigenvalue weighted by Gasteiger charge is 2.36. The Kier molecular flexibility index (Phi) is 6.03. The summed E-state index contributed by atoms with van der Waals surface area (Å²) in [5, 5.41) is 7.74. The Morgan fingerprint density at radius 3 is 2.88 bits per heavy atom. The van der Waals surface area contributed by atoms with E-state index in [1.54, 1.807) is 0 Å². The first kappa shape index (κ1) is 17.5. The molecular formula is C21H33N3O. The molecule has 25 heavy (non-hydrogen) atoms. The van der Waals surface area contributed by atoms with Crippen LogP contribution in [0.3, 0.4) is 0 Å². The van der Waals surface area contributed by atoms with Crippen molar-refractivity contribution in [1.82, 2.24) is 15.5 Å². The predicted molar refractivity (Wildman–Crippen MR) is 102 cm³/mol. The van der Waals surface area contributed by atoms with Crippen molar-refractivity contribution < 1.29 is 4.74 Å². The van der Waals surface area contributed by atoms with Crippen LogP contribution < -0.4 is 10.6 Å². The molecular weight excluding hydrogens is 310 g/mol. The highest BCUT2D eigenvalue weighted by molar-refractivity contribution is 5.14. The van der Waals surface area contributed by atoms with E-state index in [4.69, 9.17) is 4.74 Å². The lowest BCUT2D eigenvalue weighted by Crippen LogP contribution is -2.54. The summed E-state index contributed by atoms with van der Waals surface area (Å²) in [4.78, 5) is 2.63. The maximum Gasteiger partial charge on any atom is 0.0623 e. The first-order valence-electron chi connectivity index (χ1n) is 10.2. The van der Waals surface area contributed by atoms with Crippen molar-refractivity contribution in [2.45, 2.75) is 56.8 Å². The standard InChI is InChI=1S/C21H33N3O/c1-2-6-17(7-3-1)14-24-12-5-8-18(15-24)23-20-10-4-9-19(20)21-16-25-13-11-22-21/h1-3,6-7,18-23H,4-5,8-16H2. The minimum Gasteiger partial charge on any atom is -0.379 e. The number of hydrogen-bond acceptors (Lipinski definition) is 4. The van der Waals surface area contributed by atoms with Gasteiger partial charge in [-0.2, -0.15) is 0 Å². The Balaban J connectivity index is 1.30. The Hall–Kier alpha value is -0.940. The van der Waals surface area contributed by atoms with E-state index >= 15 is 0 Å². The average molecular weight is 344 g/mol. The monoisotopic (exact) mass is 343 g/mol. The number of nitrogens with zero attached hydrogens (tertiary/aromatic N) is 1. The van der Waals surface area contributed by atoms with E-state index in [9.17, 15) is 0 Å². The Bertz CT molecular complexity index is 517. The molecule has 1 saturated carbocycles. The van der Waals surface area contributed by atoms with Gasteiger partial charge in [-0.1, -0.05) is 36.8 Å². The maximum absolute atomic E-state index is 5.72. The minimum absolute atomic E-state index is 0.553. The summed E-state index contributed by atoms with van der Waals surface area (Å²) in [5.41, 5.74) is 1.44. The fraction of sp³-hybridized carbons (Fsp3) is 0.714. The molecule has 2 heterocycles. The van der Waals surface area contributed by atoms with Crippen LogP contribution in [0.2, 0.25) is 0 Å². The van der Waals surface area contributed by atoms with Crippen LogP contribution in [0.5, 0.6) is 0 Å². The molecule has 4 nitrogen and oxygen atoms in total. The number of likely N-dealkylation sites (tertiary alicyclic amines) is 1. The summed E-state index contributed by atoms with van der Waals surface area (Å²) in [5.74, 6) is 0.741. The highest BCUT2D eigenvalue weighted by Crippen LogP contribution is 2.30. The van der Waals surface area contributed by atoms with Crippen LogP contribution in [0.25, 0.3) is 0 Å². The SMILES string of the molecule is c1ccc(CN2CCCC(NC3CCCC3C3COCCN3)C2)cc1. The summed E-state index contributed by atoms with van der Waals surface area (Å²) >= 11 is 0. The minimum atomic E-state index is 0.553. The van der Waals surface area contributed by atoms with E-state index in [0.717, 1.165) is 32.2 Å². The van der Waals surface area contributed by atoms with Crippen molar-refractivity contribution in [3.05, 3.63) is 35.9 Å². The zero-order valence-electron chi connectivity index (χ0n) is 15.3. The molecule has 0 amide bonds. The average Bonchev–Trinajstić information content (AvgIpc) is 3.12. The molecule has 1 aromatic carbocycles. The molecule has 1 aromatic rings. The van der Waals surface area contributed by atoms with Crippen LogP contribution in [0.4, 0.5) is 0 Å². The van der Waals surface area contributed by atoms with Crippen LogP contribution in [0, 0.1) is 5.92 Å². The van der Waals surface area contributed by atoms with Gasteiger partial charge in [0.1, 0.15) is 0 Å². The molecule has 0 spiro atoms. The molecule has 4 atom stereocenters. The van der Waals surface area contributed by atoms with Gasteiger partial charge in [0, 0.05) is 37.8 Å². The van der Waals surface area contributed by atoms with Gasteiger partial charge in [-0.25, -0.2) is 0 Å². The molecule has 4 rings (SSSR count). The summed E-state index contributed by atoms with van der Waals surface area (Å²) < 4.78 is 5.72. The van der Waals surface area contributed by atoms with E-state index < -0.39 is 0 Å². The Labute approximate surface area is 152 Å². The third-order valence-electron chi connectivity index (χ3n) is 6.24. The van der Waals surface area contributed by atoms with Gasteiger partial charge in [0.15, 0.2) is 0 Å². The van der Waals surface area contributed by atoms with Gasteiger partial charge in [0.2, 0.25) is 0 Å². The van der Waals surface area contributed by atoms with Crippen LogP contribution in [0.1, 0.15) is 37.7 Å². The number of rotatable bonds is 5. The van der Waals surface area contributed by atoms with E-state index in [1.165, 1.54) is 50.8 Å². The van der Waals surface area contributed by atoms with Gasteiger partial charge in [0.05, 0.1) is 13.2 Å². The molecule has 3 aliphatic rings. The van der Waals surface area contributed by atoms with Gasteiger partial charge in [-0.15, -0.1) is 0 Å². The van der Waals surface area contributed by atoms with Crippen molar-refractivity contribution in [3.63, 3.8) is 0 Å². The zero-order chi connectivity index (χ0) is 16.9. The topological polar surface area (TPSA) is 36.5 Å². The third kappa shape index (κ3) is 4.62. The summed E-state index contributed by atoms with van der Waals surface area (Å²) in [7, 11) is 0. The predicted octanol–water partition coefficient (Wildman–Crippen LogP) is 2.40. The first-order valence-corrected chi connectivity index (χ1v) is 10.2. The molecule has 0 bridgehead atoms. The summed E-state index contributed by atoms with van der Waals surface area (Å²) in [6.07, 6.45) is 6.67. The molecule has 138 valence electrons. The maximum atomic E-state index is 5.72. The number of hydrogen-bond donors (Lipinski definition) is 2. The highest BCUT2D eigenvalue weighted by atomic mass is 16.5. The number of nitrogens with one attached hydrogen (secondary N) is 2. The van der Waals surface area contributed by atoms with Gasteiger partial charge in [0.25, 0.3) is 0 Å². The van der Waals surface area contributed by atoms with Crippen LogP contribution in [0.15, 0.2) is 30.3 Å². The fourth-order valence-corrected chi connectivity index (χ4v) is 5.02. The molecule has 2 N–H and O–H groups in total. The van der Waals surface area contributed by atoms with Crippen molar-refractivity contribution in [2.75, 3.05) is 32.8 Å². The van der Waals surface area contributed by atoms with Crippen molar-refractivity contribution in [3.8, 4) is 0 Å². The lowest BCUT2D eigenvalue weighted by atomic mass is 9.92. The molecule has 0 aromatic heterocycles.